The van der Waals surface area contributed by atoms with E-state index in [1.165, 1.54) is 35.8 Å². The fourth-order valence-electron chi connectivity index (χ4n) is 6.43. The van der Waals surface area contributed by atoms with Gasteiger partial charge in [0.2, 0.25) is 5.91 Å². The lowest BCUT2D eigenvalue weighted by atomic mass is 10.00. The summed E-state index contributed by atoms with van der Waals surface area (Å²) in [6.07, 6.45) is -3.26. The Labute approximate surface area is 314 Å². The molecule has 0 N–H and O–H groups in total. The van der Waals surface area contributed by atoms with E-state index < -0.39 is 53.3 Å². The Morgan fingerprint density at radius 1 is 0.981 bits per heavy atom. The molecule has 1 fully saturated rings. The third-order valence-electron chi connectivity index (χ3n) is 9.35. The summed E-state index contributed by atoms with van der Waals surface area (Å²) in [6, 6.07) is 13.6. The minimum Gasteiger partial charge on any atom is -0.383 e. The van der Waals surface area contributed by atoms with Crippen molar-refractivity contribution in [3.05, 3.63) is 135 Å². The second-order valence-corrected chi connectivity index (χ2v) is 13.9. The number of piperidine rings is 1. The van der Waals surface area contributed by atoms with Crippen molar-refractivity contribution in [2.75, 3.05) is 33.4 Å². The van der Waals surface area contributed by atoms with Crippen LogP contribution in [0.4, 0.5) is 22.0 Å². The first-order chi connectivity index (χ1) is 27.1. The van der Waals surface area contributed by atoms with Crippen LogP contribution in [0.15, 0.2) is 101 Å². The number of ether oxygens (including phenoxy) is 1. The van der Waals surface area contributed by atoms with Crippen LogP contribution in [-0.4, -0.2) is 59.7 Å². The summed E-state index contributed by atoms with van der Waals surface area (Å²) < 4.78 is 110. The van der Waals surface area contributed by atoms with Gasteiger partial charge in [0.05, 0.1) is 28.2 Å². The SMILES string of the molecule is [2H]c1c(C)c([2H])c2c(=O)c([2H])c(SCc3cccc(F)c3F)n(CC(=O)N(Cc3ccc(-c4ccc(C(F)(F)F)cc4)cc3)C3CCN(CCOC)CC3)c2c1[2H]. The summed E-state index contributed by atoms with van der Waals surface area (Å²) in [5.74, 6) is -2.86. The zero-order valence-electron chi connectivity index (χ0n) is 33.2. The van der Waals surface area contributed by atoms with Crippen molar-refractivity contribution in [2.24, 2.45) is 0 Å². The Kier molecular flexibility index (Phi) is 10.4. The topological polar surface area (TPSA) is 54.8 Å². The molecule has 2 heterocycles. The van der Waals surface area contributed by atoms with Crippen molar-refractivity contribution in [3.63, 3.8) is 0 Å². The highest BCUT2D eigenvalue weighted by Crippen LogP contribution is 2.32. The van der Waals surface area contributed by atoms with Gasteiger partial charge in [0.15, 0.2) is 17.1 Å². The van der Waals surface area contributed by atoms with E-state index in [1.54, 1.807) is 36.3 Å². The second-order valence-electron chi connectivity index (χ2n) is 12.9. The molecule has 278 valence electrons. The zero-order chi connectivity index (χ0) is 41.2. The van der Waals surface area contributed by atoms with E-state index in [4.69, 9.17) is 10.2 Å². The lowest BCUT2D eigenvalue weighted by Crippen LogP contribution is -2.48. The molecule has 0 spiro atoms. The Balaban J connectivity index is 1.39. The number of hydrogen-bond acceptors (Lipinski definition) is 5. The highest BCUT2D eigenvalue weighted by Gasteiger charge is 2.31. The molecule has 6 nitrogen and oxygen atoms in total. The number of alkyl halides is 3. The number of halogens is 5. The monoisotopic (exact) mass is 753 g/mol. The number of carbonyl (C=O) groups excluding carboxylic acids is 1. The number of likely N-dealkylation sites (tertiary alicyclic amines) is 1. The van der Waals surface area contributed by atoms with Crippen LogP contribution in [0.25, 0.3) is 22.0 Å². The second kappa shape index (κ2) is 16.7. The highest BCUT2D eigenvalue weighted by molar-refractivity contribution is 7.98. The normalized spacial score (nSPS) is 15.2. The quantitative estimate of drug-likeness (QED) is 0.0943. The number of rotatable bonds is 12. The van der Waals surface area contributed by atoms with Crippen molar-refractivity contribution in [1.29, 1.82) is 0 Å². The first-order valence-electron chi connectivity index (χ1n) is 19.1. The van der Waals surface area contributed by atoms with E-state index in [9.17, 15) is 31.5 Å². The molecule has 0 radical (unpaired) electrons. The van der Waals surface area contributed by atoms with Crippen LogP contribution < -0.4 is 5.43 Å². The molecule has 6 rings (SSSR count). The van der Waals surface area contributed by atoms with Gasteiger partial charge in [-0.1, -0.05) is 60.1 Å². The summed E-state index contributed by atoms with van der Waals surface area (Å²) in [7, 11) is 1.62. The fourth-order valence-corrected chi connectivity index (χ4v) is 7.42. The smallest absolute Gasteiger partial charge is 0.383 e. The van der Waals surface area contributed by atoms with Crippen molar-refractivity contribution in [3.8, 4) is 11.1 Å². The maximum Gasteiger partial charge on any atom is 0.416 e. The number of hydrogen-bond donors (Lipinski definition) is 0. The highest BCUT2D eigenvalue weighted by atomic mass is 32.2. The maximum absolute atomic E-state index is 14.8. The fraction of sp³-hybridized carbons (Fsp3) is 0.317. The van der Waals surface area contributed by atoms with Crippen LogP contribution in [0.2, 0.25) is 0 Å². The lowest BCUT2D eigenvalue weighted by molar-refractivity contribution is -0.137. The van der Waals surface area contributed by atoms with E-state index in [0.29, 0.717) is 50.2 Å². The van der Waals surface area contributed by atoms with E-state index in [1.807, 2.05) is 0 Å². The van der Waals surface area contributed by atoms with Gasteiger partial charge in [-0.2, -0.15) is 13.2 Å². The van der Waals surface area contributed by atoms with Crippen LogP contribution in [0.5, 0.6) is 0 Å². The molecule has 1 aromatic heterocycles. The molecule has 53 heavy (non-hydrogen) atoms. The van der Waals surface area contributed by atoms with Crippen molar-refractivity contribution < 1.29 is 37.0 Å². The Morgan fingerprint density at radius 2 is 1.66 bits per heavy atom. The van der Waals surface area contributed by atoms with Gasteiger partial charge in [-0.05, 0) is 66.7 Å². The molecular weight excluding hydrogens is 710 g/mol. The molecule has 5 aromatic rings. The molecule has 1 aliphatic heterocycles. The number of carbonyl (C=O) groups is 1. The number of nitrogens with zero attached hydrogens (tertiary/aromatic N) is 3. The Hall–Kier alpha value is -4.52. The predicted octanol–water partition coefficient (Wildman–Crippen LogP) is 8.71. The largest absolute Gasteiger partial charge is 0.416 e. The first-order valence-corrected chi connectivity index (χ1v) is 18.1. The minimum atomic E-state index is -4.46. The van der Waals surface area contributed by atoms with Crippen LogP contribution in [-0.2, 0) is 34.6 Å². The number of aromatic nitrogens is 1. The van der Waals surface area contributed by atoms with Gasteiger partial charge in [-0.25, -0.2) is 8.78 Å². The molecule has 1 saturated heterocycles. The van der Waals surface area contributed by atoms with Gasteiger partial charge in [-0.15, -0.1) is 11.8 Å². The summed E-state index contributed by atoms with van der Waals surface area (Å²) >= 11 is 0.817. The molecule has 1 aliphatic rings. The summed E-state index contributed by atoms with van der Waals surface area (Å²) in [5.41, 5.74) is 0.164. The van der Waals surface area contributed by atoms with E-state index in [-0.39, 0.29) is 57.5 Å². The minimum absolute atomic E-state index is 0.0520. The average Bonchev–Trinajstić information content (AvgIpc) is 3.20. The molecule has 0 atom stereocenters. The number of benzene rings is 4. The van der Waals surface area contributed by atoms with E-state index >= 15 is 0 Å². The lowest BCUT2D eigenvalue weighted by Gasteiger charge is -2.39. The van der Waals surface area contributed by atoms with E-state index in [2.05, 4.69) is 4.90 Å². The standard InChI is InChI=1S/C41H40F5N3O3S/c1-27-6-15-36-34(22-27)37(50)23-39(53-26-31-4-3-5-35(42)40(31)43)49(36)25-38(51)48(33-16-18-47(19-17-33)20-21-52-2)24-28-7-9-29(10-8-28)30-11-13-32(14-12-30)41(44,45)46/h3-15,22-23,33H,16-21,24-26H2,1-2H3/i6D,15D,22D,23D. The van der Waals surface area contributed by atoms with Crippen molar-refractivity contribution in [1.82, 2.24) is 14.4 Å². The molecule has 0 saturated carbocycles. The number of amides is 1. The van der Waals surface area contributed by atoms with Gasteiger partial charge < -0.3 is 19.1 Å². The molecule has 4 aromatic carbocycles. The molecule has 0 unspecified atom stereocenters. The Bertz CT molecular complexity index is 2340. The summed E-state index contributed by atoms with van der Waals surface area (Å²) in [6.45, 7) is 3.64. The van der Waals surface area contributed by atoms with Gasteiger partial charge in [0.1, 0.15) is 6.54 Å². The molecule has 12 heteroatoms. The van der Waals surface area contributed by atoms with Crippen LogP contribution in [0, 0.1) is 18.6 Å². The maximum atomic E-state index is 14.8. The van der Waals surface area contributed by atoms with Gasteiger partial charge in [0, 0.05) is 62.1 Å². The van der Waals surface area contributed by atoms with E-state index in [0.717, 1.165) is 35.5 Å². The van der Waals surface area contributed by atoms with Crippen LogP contribution >= 0.6 is 11.8 Å². The van der Waals surface area contributed by atoms with Crippen molar-refractivity contribution >= 4 is 28.6 Å². The molecule has 0 bridgehead atoms. The average molecular weight is 754 g/mol. The Morgan fingerprint density at radius 3 is 2.32 bits per heavy atom. The predicted molar refractivity (Wildman–Crippen MR) is 198 cm³/mol. The zero-order valence-corrected chi connectivity index (χ0v) is 30.0. The third-order valence-corrected chi connectivity index (χ3v) is 10.4. The van der Waals surface area contributed by atoms with Gasteiger partial charge in [0.25, 0.3) is 0 Å². The van der Waals surface area contributed by atoms with Crippen LogP contribution in [0.3, 0.4) is 0 Å². The molecule has 0 aliphatic carbocycles. The number of thioether (sulfide) groups is 1. The van der Waals surface area contributed by atoms with Crippen LogP contribution in [0.1, 0.15) is 40.6 Å². The van der Waals surface area contributed by atoms with Gasteiger partial charge in [-0.3, -0.25) is 9.59 Å². The molecular formula is C41H40F5N3O3S. The summed E-state index contributed by atoms with van der Waals surface area (Å²) in [5, 5.41) is -0.389. The summed E-state index contributed by atoms with van der Waals surface area (Å²) in [4.78, 5) is 32.4. The first kappa shape index (κ1) is 33.1. The third kappa shape index (κ3) is 9.17. The van der Waals surface area contributed by atoms with Crippen molar-refractivity contribution in [2.45, 2.75) is 55.9 Å². The molecule has 1 amide bonds. The van der Waals surface area contributed by atoms with Gasteiger partial charge >= 0.3 is 6.18 Å². The number of methoxy groups -OCH3 is 1. The number of fused-ring (bicyclic) bond motifs is 1. The number of pyridine rings is 1.